The van der Waals surface area contributed by atoms with Crippen molar-refractivity contribution in [3.05, 3.63) is 51.1 Å². The molecule has 2 aromatic rings. The summed E-state index contributed by atoms with van der Waals surface area (Å²) in [5.41, 5.74) is 0. The standard InChI is InChI=1S/C16H18BrNO3S/c1-2-18-16(19)20-10-9-14(15-8-5-11-22-15)21-13-7-4-3-6-12(13)17/h3-8,11,14H,2,9-10H2,1H3,(H,18,19). The molecule has 4 nitrogen and oxygen atoms in total. The van der Waals surface area contributed by atoms with E-state index in [2.05, 4.69) is 21.2 Å². The Morgan fingerprint density at radius 3 is 2.82 bits per heavy atom. The molecule has 1 N–H and O–H groups in total. The minimum absolute atomic E-state index is 0.145. The lowest BCUT2D eigenvalue weighted by Gasteiger charge is -2.19. The van der Waals surface area contributed by atoms with Crippen LogP contribution >= 0.6 is 27.3 Å². The van der Waals surface area contributed by atoms with Crippen LogP contribution in [0, 0.1) is 0 Å². The summed E-state index contributed by atoms with van der Waals surface area (Å²) in [5.74, 6) is 0.777. The molecule has 1 aromatic carbocycles. The van der Waals surface area contributed by atoms with Crippen LogP contribution in [0.1, 0.15) is 24.3 Å². The van der Waals surface area contributed by atoms with Gasteiger partial charge in [-0.25, -0.2) is 4.79 Å². The Balaban J connectivity index is 1.98. The first-order valence-electron chi connectivity index (χ1n) is 7.06. The lowest BCUT2D eigenvalue weighted by molar-refractivity contribution is 0.117. The van der Waals surface area contributed by atoms with Crippen LogP contribution in [0.3, 0.4) is 0 Å². The largest absolute Gasteiger partial charge is 0.484 e. The molecule has 1 atom stereocenters. The smallest absolute Gasteiger partial charge is 0.407 e. The number of carbonyl (C=O) groups excluding carboxylic acids is 1. The summed E-state index contributed by atoms with van der Waals surface area (Å²) in [5, 5.41) is 4.62. The quantitative estimate of drug-likeness (QED) is 0.748. The molecule has 0 radical (unpaired) electrons. The van der Waals surface area contributed by atoms with Crippen molar-refractivity contribution in [3.63, 3.8) is 0 Å². The van der Waals surface area contributed by atoms with Gasteiger partial charge in [0.1, 0.15) is 11.9 Å². The summed E-state index contributed by atoms with van der Waals surface area (Å²) in [7, 11) is 0. The van der Waals surface area contributed by atoms with Gasteiger partial charge < -0.3 is 14.8 Å². The number of ether oxygens (including phenoxy) is 2. The summed E-state index contributed by atoms with van der Waals surface area (Å²) < 4.78 is 12.1. The Kier molecular flexibility index (Phi) is 6.74. The van der Waals surface area contributed by atoms with Gasteiger partial charge in [0.25, 0.3) is 0 Å². The Morgan fingerprint density at radius 1 is 1.32 bits per heavy atom. The van der Waals surface area contributed by atoms with E-state index in [1.165, 1.54) is 0 Å². The van der Waals surface area contributed by atoms with E-state index in [9.17, 15) is 4.79 Å². The molecule has 118 valence electrons. The number of thiophene rings is 1. The molecule has 0 bridgehead atoms. The van der Waals surface area contributed by atoms with Crippen molar-refractivity contribution in [2.75, 3.05) is 13.2 Å². The van der Waals surface area contributed by atoms with Crippen LogP contribution in [-0.2, 0) is 4.74 Å². The number of alkyl carbamates (subject to hydrolysis) is 1. The van der Waals surface area contributed by atoms with Crippen LogP contribution in [0.25, 0.3) is 0 Å². The van der Waals surface area contributed by atoms with E-state index >= 15 is 0 Å². The van der Waals surface area contributed by atoms with Crippen LogP contribution in [0.5, 0.6) is 5.75 Å². The molecule has 1 aromatic heterocycles. The number of hydrogen-bond acceptors (Lipinski definition) is 4. The summed E-state index contributed by atoms with van der Waals surface area (Å²) in [4.78, 5) is 12.5. The molecule has 1 unspecified atom stereocenters. The van der Waals surface area contributed by atoms with E-state index in [0.717, 1.165) is 15.1 Å². The zero-order valence-electron chi connectivity index (χ0n) is 12.3. The van der Waals surface area contributed by atoms with E-state index in [0.29, 0.717) is 19.6 Å². The molecule has 0 fully saturated rings. The molecule has 2 rings (SSSR count). The summed E-state index contributed by atoms with van der Waals surface area (Å²) in [6.45, 7) is 2.71. The Bertz CT molecular complexity index is 589. The van der Waals surface area contributed by atoms with Crippen molar-refractivity contribution < 1.29 is 14.3 Å². The average molecular weight is 384 g/mol. The lowest BCUT2D eigenvalue weighted by atomic mass is 10.2. The Morgan fingerprint density at radius 2 is 2.14 bits per heavy atom. The van der Waals surface area contributed by atoms with Gasteiger partial charge in [0.05, 0.1) is 11.1 Å². The highest BCUT2D eigenvalue weighted by Gasteiger charge is 2.16. The molecule has 0 saturated carbocycles. The predicted octanol–water partition coefficient (Wildman–Crippen LogP) is 4.77. The zero-order chi connectivity index (χ0) is 15.8. The molecule has 22 heavy (non-hydrogen) atoms. The number of halogens is 1. The molecule has 0 aliphatic carbocycles. The summed E-state index contributed by atoms with van der Waals surface area (Å²) >= 11 is 5.11. The number of hydrogen-bond donors (Lipinski definition) is 1. The van der Waals surface area contributed by atoms with Gasteiger partial charge in [-0.3, -0.25) is 0 Å². The Hall–Kier alpha value is -1.53. The lowest BCUT2D eigenvalue weighted by Crippen LogP contribution is -2.24. The van der Waals surface area contributed by atoms with Gasteiger partial charge in [0.15, 0.2) is 0 Å². The maximum absolute atomic E-state index is 11.3. The molecule has 0 saturated heterocycles. The number of rotatable bonds is 7. The molecule has 1 amide bonds. The van der Waals surface area contributed by atoms with Crippen molar-refractivity contribution in [1.82, 2.24) is 5.32 Å². The van der Waals surface area contributed by atoms with Crippen molar-refractivity contribution >= 4 is 33.4 Å². The van der Waals surface area contributed by atoms with Gasteiger partial charge in [-0.1, -0.05) is 18.2 Å². The minimum Gasteiger partial charge on any atom is -0.484 e. The second-order valence-corrected chi connectivity index (χ2v) is 6.34. The third kappa shape index (κ3) is 5.03. The average Bonchev–Trinajstić information content (AvgIpc) is 3.03. The molecular formula is C16H18BrNO3S. The maximum atomic E-state index is 11.3. The third-order valence-corrected chi connectivity index (χ3v) is 4.52. The molecule has 1 heterocycles. The van der Waals surface area contributed by atoms with Crippen LogP contribution in [-0.4, -0.2) is 19.2 Å². The number of nitrogens with one attached hydrogen (secondary N) is 1. The number of amides is 1. The fourth-order valence-corrected chi connectivity index (χ4v) is 3.05. The van der Waals surface area contributed by atoms with Crippen LogP contribution < -0.4 is 10.1 Å². The fraction of sp³-hybridized carbons (Fsp3) is 0.312. The van der Waals surface area contributed by atoms with E-state index in [1.54, 1.807) is 11.3 Å². The van der Waals surface area contributed by atoms with Crippen molar-refractivity contribution in [3.8, 4) is 5.75 Å². The third-order valence-electron chi connectivity index (χ3n) is 2.90. The van der Waals surface area contributed by atoms with Gasteiger partial charge in [-0.2, -0.15) is 0 Å². The second kappa shape index (κ2) is 8.80. The van der Waals surface area contributed by atoms with Crippen LogP contribution in [0.4, 0.5) is 4.79 Å². The molecule has 0 aliphatic heterocycles. The monoisotopic (exact) mass is 383 g/mol. The number of para-hydroxylation sites is 1. The number of benzene rings is 1. The maximum Gasteiger partial charge on any atom is 0.407 e. The van der Waals surface area contributed by atoms with Gasteiger partial charge in [-0.15, -0.1) is 11.3 Å². The van der Waals surface area contributed by atoms with Gasteiger partial charge >= 0.3 is 6.09 Å². The highest BCUT2D eigenvalue weighted by atomic mass is 79.9. The Labute approximate surface area is 142 Å². The predicted molar refractivity (Wildman–Crippen MR) is 91.5 cm³/mol. The second-order valence-electron chi connectivity index (χ2n) is 4.51. The molecular weight excluding hydrogens is 366 g/mol. The minimum atomic E-state index is -0.395. The van der Waals surface area contributed by atoms with Gasteiger partial charge in [-0.05, 0) is 46.4 Å². The highest BCUT2D eigenvalue weighted by Crippen LogP contribution is 2.32. The van der Waals surface area contributed by atoms with E-state index in [1.807, 2.05) is 48.7 Å². The first-order valence-corrected chi connectivity index (χ1v) is 8.73. The zero-order valence-corrected chi connectivity index (χ0v) is 14.7. The normalized spacial score (nSPS) is 11.7. The fourth-order valence-electron chi connectivity index (χ4n) is 1.88. The molecule has 6 heteroatoms. The molecule has 0 aliphatic rings. The van der Waals surface area contributed by atoms with E-state index in [4.69, 9.17) is 9.47 Å². The van der Waals surface area contributed by atoms with E-state index in [-0.39, 0.29) is 6.10 Å². The van der Waals surface area contributed by atoms with Gasteiger partial charge in [0, 0.05) is 17.8 Å². The summed E-state index contributed by atoms with van der Waals surface area (Å²) in [6, 6.07) is 11.7. The van der Waals surface area contributed by atoms with Crippen LogP contribution in [0.2, 0.25) is 0 Å². The van der Waals surface area contributed by atoms with E-state index < -0.39 is 6.09 Å². The topological polar surface area (TPSA) is 47.6 Å². The SMILES string of the molecule is CCNC(=O)OCCC(Oc1ccccc1Br)c1cccs1. The first kappa shape index (κ1) is 16.8. The summed E-state index contributed by atoms with van der Waals surface area (Å²) in [6.07, 6.45) is 0.0559. The highest BCUT2D eigenvalue weighted by molar-refractivity contribution is 9.10. The van der Waals surface area contributed by atoms with Crippen molar-refractivity contribution in [1.29, 1.82) is 0 Å². The first-order chi connectivity index (χ1) is 10.7. The van der Waals surface area contributed by atoms with Crippen LogP contribution in [0.15, 0.2) is 46.3 Å². The molecule has 0 spiro atoms. The van der Waals surface area contributed by atoms with Gasteiger partial charge in [0.2, 0.25) is 0 Å². The van der Waals surface area contributed by atoms with Crippen molar-refractivity contribution in [2.45, 2.75) is 19.4 Å². The number of carbonyl (C=O) groups is 1. The van der Waals surface area contributed by atoms with Crippen molar-refractivity contribution in [2.24, 2.45) is 0 Å².